The lowest BCUT2D eigenvalue weighted by atomic mass is 10.1. The van der Waals surface area contributed by atoms with Gasteiger partial charge in [0.1, 0.15) is 6.04 Å². The van der Waals surface area contributed by atoms with Gasteiger partial charge in [0.15, 0.2) is 0 Å². The molecule has 0 radical (unpaired) electrons. The van der Waals surface area contributed by atoms with E-state index >= 15 is 0 Å². The highest BCUT2D eigenvalue weighted by Crippen LogP contribution is 2.12. The smallest absolute Gasteiger partial charge is 0.322 e. The lowest BCUT2D eigenvalue weighted by Gasteiger charge is -2.11. The van der Waals surface area contributed by atoms with E-state index in [-0.39, 0.29) is 5.97 Å². The van der Waals surface area contributed by atoms with Gasteiger partial charge in [-0.15, -0.1) is 0 Å². The van der Waals surface area contributed by atoms with Crippen molar-refractivity contribution in [1.29, 1.82) is 0 Å². The number of hydrogen-bond donors (Lipinski definition) is 1. The normalized spacial score (nSPS) is 24.3. The molecule has 0 saturated carbocycles. The van der Waals surface area contributed by atoms with Crippen LogP contribution in [0.2, 0.25) is 0 Å². The first-order valence-electron chi connectivity index (χ1n) is 4.74. The summed E-state index contributed by atoms with van der Waals surface area (Å²) in [7, 11) is 0. The van der Waals surface area contributed by atoms with Crippen molar-refractivity contribution in [2.45, 2.75) is 25.8 Å². The molecule has 0 bridgehead atoms. The fraction of sp³-hybridized carbons (Fsp3) is 0.889. The van der Waals surface area contributed by atoms with Crippen molar-refractivity contribution >= 4 is 5.97 Å². The first-order valence-corrected chi connectivity index (χ1v) is 4.74. The molecule has 0 spiro atoms. The molecule has 0 aromatic carbocycles. The molecule has 4 nitrogen and oxygen atoms in total. The minimum Gasteiger partial charge on any atom is -0.464 e. The minimum absolute atomic E-state index is 0.297. The number of ether oxygens (including phenoxy) is 2. The van der Waals surface area contributed by atoms with Gasteiger partial charge in [-0.25, -0.2) is 0 Å². The summed E-state index contributed by atoms with van der Waals surface area (Å²) in [6, 6.07) is -0.470. The van der Waals surface area contributed by atoms with Gasteiger partial charge < -0.3 is 15.2 Å². The summed E-state index contributed by atoms with van der Waals surface area (Å²) in [6.07, 6.45) is 1.61. The van der Waals surface area contributed by atoms with Crippen LogP contribution in [0.3, 0.4) is 0 Å². The van der Waals surface area contributed by atoms with Crippen LogP contribution in [0.25, 0.3) is 0 Å². The van der Waals surface area contributed by atoms with Crippen LogP contribution in [-0.2, 0) is 14.3 Å². The fourth-order valence-corrected chi connectivity index (χ4v) is 1.19. The highest BCUT2D eigenvalue weighted by Gasteiger charge is 2.19. The van der Waals surface area contributed by atoms with Gasteiger partial charge in [-0.1, -0.05) is 6.92 Å². The van der Waals surface area contributed by atoms with Gasteiger partial charge in [-0.2, -0.15) is 0 Å². The van der Waals surface area contributed by atoms with Crippen molar-refractivity contribution in [3.63, 3.8) is 0 Å². The SMILES string of the molecule is CCC(N)C(=O)OCC1CCOC1. The van der Waals surface area contributed by atoms with Crippen molar-refractivity contribution < 1.29 is 14.3 Å². The molecular formula is C9H17NO3. The largest absolute Gasteiger partial charge is 0.464 e. The van der Waals surface area contributed by atoms with E-state index in [9.17, 15) is 4.79 Å². The Hall–Kier alpha value is -0.610. The Morgan fingerprint density at radius 3 is 3.08 bits per heavy atom. The molecule has 4 heteroatoms. The van der Waals surface area contributed by atoms with Gasteiger partial charge in [0.25, 0.3) is 0 Å². The lowest BCUT2D eigenvalue weighted by molar-refractivity contribution is -0.146. The third kappa shape index (κ3) is 3.32. The molecule has 1 heterocycles. The van der Waals surface area contributed by atoms with Gasteiger partial charge in [-0.05, 0) is 12.8 Å². The molecule has 1 saturated heterocycles. The third-order valence-electron chi connectivity index (χ3n) is 2.23. The third-order valence-corrected chi connectivity index (χ3v) is 2.23. The van der Waals surface area contributed by atoms with Crippen LogP contribution in [0.15, 0.2) is 0 Å². The summed E-state index contributed by atoms with van der Waals surface area (Å²) in [6.45, 7) is 3.80. The Balaban J connectivity index is 2.13. The highest BCUT2D eigenvalue weighted by molar-refractivity contribution is 5.75. The molecule has 0 amide bonds. The van der Waals surface area contributed by atoms with Crippen LogP contribution < -0.4 is 5.73 Å². The number of carbonyl (C=O) groups is 1. The second-order valence-electron chi connectivity index (χ2n) is 3.37. The van der Waals surface area contributed by atoms with Gasteiger partial charge in [0.2, 0.25) is 0 Å². The average molecular weight is 187 g/mol. The molecule has 1 rings (SSSR count). The Labute approximate surface area is 78.4 Å². The van der Waals surface area contributed by atoms with Gasteiger partial charge in [-0.3, -0.25) is 4.79 Å². The molecule has 2 N–H and O–H groups in total. The summed E-state index contributed by atoms with van der Waals surface area (Å²) in [4.78, 5) is 11.1. The summed E-state index contributed by atoms with van der Waals surface area (Å²) in [5.41, 5.74) is 5.50. The predicted molar refractivity (Wildman–Crippen MR) is 48.2 cm³/mol. The first kappa shape index (κ1) is 10.5. The maximum atomic E-state index is 11.1. The van der Waals surface area contributed by atoms with E-state index in [4.69, 9.17) is 15.2 Å². The van der Waals surface area contributed by atoms with E-state index in [0.717, 1.165) is 13.0 Å². The van der Waals surface area contributed by atoms with Crippen LogP contribution in [0, 0.1) is 5.92 Å². The van der Waals surface area contributed by atoms with Crippen molar-refractivity contribution in [2.24, 2.45) is 11.7 Å². The summed E-state index contributed by atoms with van der Waals surface area (Å²) < 4.78 is 10.2. The van der Waals surface area contributed by atoms with E-state index < -0.39 is 6.04 Å². The Kier molecular flexibility index (Phi) is 4.18. The van der Waals surface area contributed by atoms with Crippen molar-refractivity contribution in [1.82, 2.24) is 0 Å². The summed E-state index contributed by atoms with van der Waals surface area (Å²) in [5, 5.41) is 0. The molecule has 13 heavy (non-hydrogen) atoms. The quantitative estimate of drug-likeness (QED) is 0.643. The molecule has 0 aromatic rings. The fourth-order valence-electron chi connectivity index (χ4n) is 1.19. The van der Waals surface area contributed by atoms with Crippen molar-refractivity contribution in [3.05, 3.63) is 0 Å². The van der Waals surface area contributed by atoms with E-state index in [2.05, 4.69) is 0 Å². The lowest BCUT2D eigenvalue weighted by Crippen LogP contribution is -2.32. The van der Waals surface area contributed by atoms with E-state index in [1.165, 1.54) is 0 Å². The number of hydrogen-bond acceptors (Lipinski definition) is 4. The van der Waals surface area contributed by atoms with Crippen LogP contribution in [-0.4, -0.2) is 31.8 Å². The second kappa shape index (κ2) is 5.19. The first-order chi connectivity index (χ1) is 6.24. The van der Waals surface area contributed by atoms with Crippen LogP contribution in [0.1, 0.15) is 19.8 Å². The van der Waals surface area contributed by atoms with E-state index in [0.29, 0.717) is 25.6 Å². The molecule has 2 atom stereocenters. The molecule has 2 unspecified atom stereocenters. The van der Waals surface area contributed by atoms with Crippen LogP contribution in [0.5, 0.6) is 0 Å². The highest BCUT2D eigenvalue weighted by atomic mass is 16.5. The molecular weight excluding hydrogens is 170 g/mol. The maximum absolute atomic E-state index is 11.1. The summed E-state index contributed by atoms with van der Waals surface area (Å²) >= 11 is 0. The van der Waals surface area contributed by atoms with Crippen LogP contribution >= 0.6 is 0 Å². The Morgan fingerprint density at radius 2 is 2.54 bits per heavy atom. The van der Waals surface area contributed by atoms with Crippen molar-refractivity contribution in [3.8, 4) is 0 Å². The van der Waals surface area contributed by atoms with E-state index in [1.807, 2.05) is 6.92 Å². The topological polar surface area (TPSA) is 61.6 Å². The number of nitrogens with two attached hydrogens (primary N) is 1. The molecule has 76 valence electrons. The Bertz CT molecular complexity index is 166. The van der Waals surface area contributed by atoms with Gasteiger partial charge >= 0.3 is 5.97 Å². The van der Waals surface area contributed by atoms with E-state index in [1.54, 1.807) is 0 Å². The molecule has 1 fully saturated rings. The predicted octanol–water partition coefficient (Wildman–Crippen LogP) is 0.303. The standard InChI is InChI=1S/C9H17NO3/c1-2-8(10)9(11)13-6-7-3-4-12-5-7/h7-8H,2-6,10H2,1H3. The van der Waals surface area contributed by atoms with Crippen LogP contribution in [0.4, 0.5) is 0 Å². The zero-order chi connectivity index (χ0) is 9.68. The molecule has 1 aliphatic rings. The molecule has 0 aliphatic carbocycles. The monoisotopic (exact) mass is 187 g/mol. The Morgan fingerprint density at radius 1 is 1.77 bits per heavy atom. The van der Waals surface area contributed by atoms with Gasteiger partial charge in [0, 0.05) is 12.5 Å². The number of rotatable bonds is 4. The summed E-state index contributed by atoms with van der Waals surface area (Å²) in [5.74, 6) is 0.0717. The number of carbonyl (C=O) groups excluding carboxylic acids is 1. The number of esters is 1. The zero-order valence-electron chi connectivity index (χ0n) is 7.99. The zero-order valence-corrected chi connectivity index (χ0v) is 7.99. The van der Waals surface area contributed by atoms with Gasteiger partial charge in [0.05, 0.1) is 13.2 Å². The molecule has 1 aliphatic heterocycles. The maximum Gasteiger partial charge on any atom is 0.322 e. The average Bonchev–Trinajstić information content (AvgIpc) is 2.65. The second-order valence-corrected chi connectivity index (χ2v) is 3.37. The molecule has 0 aromatic heterocycles. The minimum atomic E-state index is -0.470. The van der Waals surface area contributed by atoms with Crippen molar-refractivity contribution in [2.75, 3.05) is 19.8 Å².